The van der Waals surface area contributed by atoms with Crippen LogP contribution in [0.15, 0.2) is 12.1 Å². The van der Waals surface area contributed by atoms with Gasteiger partial charge in [0.25, 0.3) is 0 Å². The van der Waals surface area contributed by atoms with Crippen molar-refractivity contribution in [3.63, 3.8) is 0 Å². The van der Waals surface area contributed by atoms with E-state index in [0.717, 1.165) is 25.2 Å². The lowest BCUT2D eigenvalue weighted by atomic mass is 9.92. The van der Waals surface area contributed by atoms with E-state index in [9.17, 15) is 0 Å². The zero-order valence-electron chi connectivity index (χ0n) is 13.5. The van der Waals surface area contributed by atoms with Crippen molar-refractivity contribution in [1.29, 1.82) is 0 Å². The predicted octanol–water partition coefficient (Wildman–Crippen LogP) is 3.34. The second-order valence-electron chi connectivity index (χ2n) is 5.77. The number of nitrogens with two attached hydrogens (primary N) is 1. The summed E-state index contributed by atoms with van der Waals surface area (Å²) in [5, 5.41) is 0.639. The smallest absolute Gasteiger partial charge is 0.179 e. The number of ether oxygens (including phenoxy) is 2. The van der Waals surface area contributed by atoms with E-state index in [0.29, 0.717) is 22.4 Å². The van der Waals surface area contributed by atoms with E-state index in [4.69, 9.17) is 26.8 Å². The zero-order valence-corrected chi connectivity index (χ0v) is 15.0. The van der Waals surface area contributed by atoms with E-state index < -0.39 is 0 Å². The maximum absolute atomic E-state index is 6.45. The van der Waals surface area contributed by atoms with Gasteiger partial charge in [-0.2, -0.15) is 0 Å². The summed E-state index contributed by atoms with van der Waals surface area (Å²) in [5.41, 5.74) is 7.12. The van der Waals surface area contributed by atoms with Gasteiger partial charge in [0.15, 0.2) is 11.5 Å². The van der Waals surface area contributed by atoms with Crippen LogP contribution in [0.5, 0.6) is 11.5 Å². The summed E-state index contributed by atoms with van der Waals surface area (Å²) in [5.74, 6) is 1.84. The fraction of sp³-hybridized carbons (Fsp3) is 0.625. The van der Waals surface area contributed by atoms with Gasteiger partial charge in [0, 0.05) is 19.1 Å². The van der Waals surface area contributed by atoms with Crippen LogP contribution in [0.4, 0.5) is 0 Å². The minimum Gasteiger partial charge on any atom is -0.493 e. The highest BCUT2D eigenvalue weighted by Gasteiger charge is 2.24. The summed E-state index contributed by atoms with van der Waals surface area (Å²) in [6, 6.07) is 4.17. The van der Waals surface area contributed by atoms with Crippen LogP contribution >= 0.6 is 24.0 Å². The summed E-state index contributed by atoms with van der Waals surface area (Å²) in [6.07, 6.45) is 2.41. The average Bonchev–Trinajstić information content (AvgIpc) is 2.49. The minimum absolute atomic E-state index is 0. The van der Waals surface area contributed by atoms with Gasteiger partial charge in [0.2, 0.25) is 0 Å². The van der Waals surface area contributed by atoms with Crippen molar-refractivity contribution in [2.75, 3.05) is 27.3 Å². The molecule has 0 aromatic heterocycles. The molecule has 1 aromatic rings. The molecule has 1 heterocycles. The quantitative estimate of drug-likeness (QED) is 0.886. The van der Waals surface area contributed by atoms with Crippen molar-refractivity contribution in [1.82, 2.24) is 4.90 Å². The standard InChI is InChI=1S/C16H25ClN2O2.ClH/c1-11(18)12-5-4-8-19(9-12)10-13-6-7-14(20-2)16(21-3)15(13)17;/h6-7,11-12H,4-5,8-10,18H2,1-3H3;1H. The van der Waals surface area contributed by atoms with Crippen molar-refractivity contribution in [3.05, 3.63) is 22.7 Å². The van der Waals surface area contributed by atoms with Crippen molar-refractivity contribution < 1.29 is 9.47 Å². The number of nitrogens with zero attached hydrogens (tertiary/aromatic N) is 1. The van der Waals surface area contributed by atoms with Crippen molar-refractivity contribution in [3.8, 4) is 11.5 Å². The third-order valence-electron chi connectivity index (χ3n) is 4.24. The van der Waals surface area contributed by atoms with E-state index in [-0.39, 0.29) is 18.4 Å². The van der Waals surface area contributed by atoms with E-state index >= 15 is 0 Å². The van der Waals surface area contributed by atoms with Gasteiger partial charge in [0.1, 0.15) is 0 Å². The van der Waals surface area contributed by atoms with Crippen molar-refractivity contribution >= 4 is 24.0 Å². The Balaban J connectivity index is 0.00000242. The Morgan fingerprint density at radius 3 is 2.68 bits per heavy atom. The summed E-state index contributed by atoms with van der Waals surface area (Å²) < 4.78 is 10.6. The molecule has 1 fully saturated rings. The van der Waals surface area contributed by atoms with Gasteiger partial charge in [-0.3, -0.25) is 4.90 Å². The Morgan fingerprint density at radius 2 is 2.09 bits per heavy atom. The third kappa shape index (κ3) is 4.42. The number of piperidine rings is 1. The molecule has 2 rings (SSSR count). The molecular weight excluding hydrogens is 323 g/mol. The second kappa shape index (κ2) is 8.82. The normalized spacial score (nSPS) is 20.1. The van der Waals surface area contributed by atoms with Crippen LogP contribution < -0.4 is 15.2 Å². The molecule has 6 heteroatoms. The first-order valence-corrected chi connectivity index (χ1v) is 7.82. The molecule has 0 bridgehead atoms. The lowest BCUT2D eigenvalue weighted by Gasteiger charge is -2.34. The van der Waals surface area contributed by atoms with Gasteiger partial charge in [-0.05, 0) is 43.9 Å². The van der Waals surface area contributed by atoms with Crippen LogP contribution in [-0.2, 0) is 6.54 Å². The molecule has 2 N–H and O–H groups in total. The summed E-state index contributed by atoms with van der Waals surface area (Å²) in [7, 11) is 3.23. The van der Waals surface area contributed by atoms with Crippen LogP contribution in [0.25, 0.3) is 0 Å². The van der Waals surface area contributed by atoms with E-state index in [1.807, 2.05) is 12.1 Å². The first-order valence-electron chi connectivity index (χ1n) is 7.44. The molecular formula is C16H26Cl2N2O2. The molecule has 126 valence electrons. The van der Waals surface area contributed by atoms with E-state index in [2.05, 4.69) is 11.8 Å². The first-order chi connectivity index (χ1) is 10.1. The first kappa shape index (κ1) is 19.4. The highest BCUT2D eigenvalue weighted by molar-refractivity contribution is 6.33. The molecule has 2 unspecified atom stereocenters. The Morgan fingerprint density at radius 1 is 1.36 bits per heavy atom. The molecule has 0 aliphatic carbocycles. The maximum atomic E-state index is 6.45. The largest absolute Gasteiger partial charge is 0.493 e. The number of likely N-dealkylation sites (tertiary alicyclic amines) is 1. The number of rotatable bonds is 5. The van der Waals surface area contributed by atoms with Gasteiger partial charge in [-0.1, -0.05) is 17.7 Å². The van der Waals surface area contributed by atoms with Crippen molar-refractivity contribution in [2.24, 2.45) is 11.7 Å². The van der Waals surface area contributed by atoms with Gasteiger partial charge in [-0.25, -0.2) is 0 Å². The van der Waals surface area contributed by atoms with Crippen LogP contribution in [-0.4, -0.2) is 38.3 Å². The molecule has 2 atom stereocenters. The molecule has 1 aromatic carbocycles. The Labute approximate surface area is 144 Å². The SMILES string of the molecule is COc1ccc(CN2CCCC(C(C)N)C2)c(Cl)c1OC.Cl. The Kier molecular flexibility index (Phi) is 7.77. The average molecular weight is 349 g/mol. The van der Waals surface area contributed by atoms with Crippen LogP contribution in [0.2, 0.25) is 5.02 Å². The topological polar surface area (TPSA) is 47.7 Å². The zero-order chi connectivity index (χ0) is 15.4. The fourth-order valence-corrected chi connectivity index (χ4v) is 3.25. The Hall–Kier alpha value is -0.680. The molecule has 4 nitrogen and oxygen atoms in total. The monoisotopic (exact) mass is 348 g/mol. The highest BCUT2D eigenvalue weighted by Crippen LogP contribution is 2.38. The van der Waals surface area contributed by atoms with E-state index in [1.165, 1.54) is 12.8 Å². The van der Waals surface area contributed by atoms with Crippen molar-refractivity contribution in [2.45, 2.75) is 32.4 Å². The van der Waals surface area contributed by atoms with Crippen LogP contribution in [0, 0.1) is 5.92 Å². The molecule has 1 aliphatic rings. The molecule has 0 radical (unpaired) electrons. The van der Waals surface area contributed by atoms with Crippen LogP contribution in [0.3, 0.4) is 0 Å². The maximum Gasteiger partial charge on any atom is 0.179 e. The number of hydrogen-bond donors (Lipinski definition) is 1. The molecule has 1 saturated heterocycles. The van der Waals surface area contributed by atoms with Crippen LogP contribution in [0.1, 0.15) is 25.3 Å². The summed E-state index contributed by atoms with van der Waals surface area (Å²) in [4.78, 5) is 2.42. The molecule has 0 saturated carbocycles. The number of methoxy groups -OCH3 is 2. The Bertz CT molecular complexity index is 483. The second-order valence-corrected chi connectivity index (χ2v) is 6.15. The van der Waals surface area contributed by atoms with Gasteiger partial charge in [-0.15, -0.1) is 12.4 Å². The lowest BCUT2D eigenvalue weighted by Crippen LogP contribution is -2.41. The number of benzene rings is 1. The molecule has 0 spiro atoms. The number of halogens is 2. The van der Waals surface area contributed by atoms with Gasteiger partial charge < -0.3 is 15.2 Å². The van der Waals surface area contributed by atoms with E-state index in [1.54, 1.807) is 14.2 Å². The lowest BCUT2D eigenvalue weighted by molar-refractivity contribution is 0.154. The third-order valence-corrected chi connectivity index (χ3v) is 4.66. The molecule has 0 amide bonds. The highest BCUT2D eigenvalue weighted by atomic mass is 35.5. The number of hydrogen-bond acceptors (Lipinski definition) is 4. The van der Waals surface area contributed by atoms with Gasteiger partial charge >= 0.3 is 0 Å². The molecule has 22 heavy (non-hydrogen) atoms. The molecule has 1 aliphatic heterocycles. The summed E-state index contributed by atoms with van der Waals surface area (Å²) >= 11 is 6.45. The summed E-state index contributed by atoms with van der Waals surface area (Å²) in [6.45, 7) is 5.04. The minimum atomic E-state index is 0. The fourth-order valence-electron chi connectivity index (χ4n) is 2.96. The predicted molar refractivity (Wildman–Crippen MR) is 93.5 cm³/mol. The van der Waals surface area contributed by atoms with Gasteiger partial charge in [0.05, 0.1) is 19.2 Å².